The van der Waals surface area contributed by atoms with Gasteiger partial charge in [0.15, 0.2) is 0 Å². The van der Waals surface area contributed by atoms with Crippen LogP contribution < -0.4 is 21.3 Å². The number of amides is 5. The molecule has 5 fully saturated rings. The van der Waals surface area contributed by atoms with Gasteiger partial charge in [0.25, 0.3) is 5.91 Å². The smallest absolute Gasteiger partial charge is 0.315 e. The van der Waals surface area contributed by atoms with Crippen LogP contribution in [0.2, 0.25) is 0 Å². The predicted molar refractivity (Wildman–Crippen MR) is 207 cm³/mol. The maximum absolute atomic E-state index is 14.9. The molecule has 11 nitrogen and oxygen atoms in total. The zero-order valence-electron chi connectivity index (χ0n) is 33.1. The van der Waals surface area contributed by atoms with Crippen LogP contribution in [0.5, 0.6) is 0 Å². The predicted octanol–water partition coefficient (Wildman–Crippen LogP) is 4.74. The summed E-state index contributed by atoms with van der Waals surface area (Å²) in [6.45, 7) is 13.1. The van der Waals surface area contributed by atoms with Gasteiger partial charge >= 0.3 is 6.03 Å². The topological polar surface area (TPSA) is 154 Å². The maximum atomic E-state index is 14.9. The number of carbonyl (C=O) groups is 5. The number of fused-ring (bicyclic) bond motifs is 1. The van der Waals surface area contributed by atoms with Crippen molar-refractivity contribution in [1.29, 1.82) is 0 Å². The van der Waals surface area contributed by atoms with Crippen molar-refractivity contribution in [3.8, 4) is 12.3 Å². The van der Waals surface area contributed by atoms with Gasteiger partial charge < -0.3 is 26.2 Å². The Bertz CT molecular complexity index is 1470. The van der Waals surface area contributed by atoms with E-state index in [0.29, 0.717) is 24.8 Å². The number of nitrogens with zero attached hydrogens (tertiary/aromatic N) is 1. The number of rotatable bonds is 16. The lowest BCUT2D eigenvalue weighted by molar-refractivity contribution is -0.146. The first-order valence-electron chi connectivity index (χ1n) is 20.3. The first kappa shape index (κ1) is 41.2. The van der Waals surface area contributed by atoms with Crippen molar-refractivity contribution in [1.82, 2.24) is 26.2 Å². The highest BCUT2D eigenvalue weighted by molar-refractivity contribution is 7.86. The standard InChI is InChI=1S/C41H65N5O6S/c1-8-10-17-29(32(47)35(49)42-24-27-18-19-27)43-34(48)31-30-28(39(30,5)6)25-46(31)36(50)33(40(7)20-13-11-14-21-40)44-37(51)45-41(22-15-12-16-23-41)26-53(52)38(3,4)9-2/h1,27-31,33H,9-26H2,2-7H3,(H,42,49)(H,43,48)(H2,44,45,51)/t28?,29?,30-,31-,33+,53?/m0/s1. The van der Waals surface area contributed by atoms with Crippen molar-refractivity contribution in [2.75, 3.05) is 18.8 Å². The molecule has 1 saturated heterocycles. The van der Waals surface area contributed by atoms with Gasteiger partial charge in [-0.2, -0.15) is 0 Å². The summed E-state index contributed by atoms with van der Waals surface area (Å²) in [6, 6.07) is -3.29. The van der Waals surface area contributed by atoms with Gasteiger partial charge in [-0.25, -0.2) is 4.79 Å². The van der Waals surface area contributed by atoms with E-state index in [9.17, 15) is 28.2 Å². The lowest BCUT2D eigenvalue weighted by Gasteiger charge is -2.44. The largest absolute Gasteiger partial charge is 0.349 e. The summed E-state index contributed by atoms with van der Waals surface area (Å²) in [4.78, 5) is 71.2. The van der Waals surface area contributed by atoms with E-state index in [2.05, 4.69) is 48.0 Å². The average Bonchev–Trinajstić information content (AvgIpc) is 3.99. The van der Waals surface area contributed by atoms with Crippen molar-refractivity contribution in [3.63, 3.8) is 0 Å². The van der Waals surface area contributed by atoms with Gasteiger partial charge in [-0.3, -0.25) is 23.4 Å². The number of nitrogens with one attached hydrogen (secondary N) is 4. The molecule has 6 atom stereocenters. The molecular weight excluding hydrogens is 691 g/mol. The summed E-state index contributed by atoms with van der Waals surface area (Å²) >= 11 is 0. The first-order valence-corrected chi connectivity index (χ1v) is 21.6. The minimum Gasteiger partial charge on any atom is -0.349 e. The molecule has 0 bridgehead atoms. The van der Waals surface area contributed by atoms with Gasteiger partial charge in [0.2, 0.25) is 17.6 Å². The molecule has 53 heavy (non-hydrogen) atoms. The van der Waals surface area contributed by atoms with Gasteiger partial charge in [0, 0.05) is 40.8 Å². The van der Waals surface area contributed by atoms with E-state index in [4.69, 9.17) is 6.42 Å². The third-order valence-corrected chi connectivity index (χ3v) is 16.1. The van der Waals surface area contributed by atoms with E-state index in [0.717, 1.165) is 83.5 Å². The van der Waals surface area contributed by atoms with Crippen LogP contribution in [0.25, 0.3) is 0 Å². The molecule has 0 radical (unpaired) electrons. The number of ketones is 1. The Morgan fingerprint density at radius 2 is 1.57 bits per heavy atom. The minimum absolute atomic E-state index is 0.0833. The molecule has 4 aliphatic carbocycles. The van der Waals surface area contributed by atoms with Crippen LogP contribution >= 0.6 is 0 Å². The number of urea groups is 1. The van der Waals surface area contributed by atoms with Crippen LogP contribution in [0, 0.1) is 40.9 Å². The molecule has 12 heteroatoms. The van der Waals surface area contributed by atoms with Crippen LogP contribution in [0.15, 0.2) is 0 Å². The molecule has 0 aromatic rings. The molecule has 4 N–H and O–H groups in total. The molecule has 1 heterocycles. The fourth-order valence-electron chi connectivity index (χ4n) is 9.27. The zero-order chi connectivity index (χ0) is 38.8. The number of terminal acetylenes is 1. The highest BCUT2D eigenvalue weighted by atomic mass is 32.2. The summed E-state index contributed by atoms with van der Waals surface area (Å²) in [6.07, 6.45) is 17.4. The van der Waals surface area contributed by atoms with Crippen molar-refractivity contribution < 1.29 is 28.2 Å². The summed E-state index contributed by atoms with van der Waals surface area (Å²) < 4.78 is 13.2. The second-order valence-corrected chi connectivity index (χ2v) is 20.5. The van der Waals surface area contributed by atoms with Crippen LogP contribution in [0.4, 0.5) is 4.79 Å². The molecule has 5 aliphatic rings. The quantitative estimate of drug-likeness (QED) is 0.132. The molecule has 3 unspecified atom stereocenters. The summed E-state index contributed by atoms with van der Waals surface area (Å²) in [5, 5.41) is 12.0. The Hall–Kier alpha value is -2.94. The molecule has 296 valence electrons. The second kappa shape index (κ2) is 16.4. The highest BCUT2D eigenvalue weighted by Gasteiger charge is 2.70. The highest BCUT2D eigenvalue weighted by Crippen LogP contribution is 2.65. The average molecular weight is 756 g/mol. The zero-order valence-corrected chi connectivity index (χ0v) is 33.9. The number of piperidine rings is 1. The number of hydrogen-bond acceptors (Lipinski definition) is 6. The van der Waals surface area contributed by atoms with Crippen molar-refractivity contribution in [3.05, 3.63) is 0 Å². The van der Waals surface area contributed by atoms with Crippen LogP contribution in [0.1, 0.15) is 138 Å². The number of carbonyl (C=O) groups excluding carboxylic acids is 5. The Morgan fingerprint density at radius 3 is 2.15 bits per heavy atom. The molecular formula is C41H65N5O6S. The van der Waals surface area contributed by atoms with Crippen molar-refractivity contribution in [2.24, 2.45) is 28.6 Å². The first-order chi connectivity index (χ1) is 25.0. The number of Topliss-reactive ketones (excluding diaryl/α,β-unsaturated/α-hetero) is 1. The lowest BCUT2D eigenvalue weighted by Crippen LogP contribution is -2.64. The van der Waals surface area contributed by atoms with Gasteiger partial charge in [-0.05, 0) is 93.8 Å². The normalized spacial score (nSPS) is 27.2. The minimum atomic E-state index is -1.17. The van der Waals surface area contributed by atoms with Crippen LogP contribution in [-0.2, 0) is 30.0 Å². The monoisotopic (exact) mass is 755 g/mol. The SMILES string of the molecule is C#CCCC(NC(=O)[C@@H]1[C@@H]2C(CN1C(=O)[C@@H](NC(=O)NC1(CS(=O)C(C)(C)CC)CCCCC1)C1(C)CCCCC1)C2(C)C)C(=O)C(=O)NCC1CC1. The van der Waals surface area contributed by atoms with E-state index in [1.807, 2.05) is 20.8 Å². The molecule has 5 amide bonds. The molecule has 5 rings (SSSR count). The number of hydrogen-bond donors (Lipinski definition) is 4. The molecule has 0 aromatic heterocycles. The third kappa shape index (κ3) is 9.30. The summed E-state index contributed by atoms with van der Waals surface area (Å²) in [5.41, 5.74) is -1.36. The van der Waals surface area contributed by atoms with E-state index in [-0.39, 0.29) is 40.7 Å². The van der Waals surface area contributed by atoms with E-state index in [1.165, 1.54) is 0 Å². The van der Waals surface area contributed by atoms with Crippen LogP contribution in [0.3, 0.4) is 0 Å². The molecule has 1 aliphatic heterocycles. The van der Waals surface area contributed by atoms with Gasteiger partial charge in [0.1, 0.15) is 12.1 Å². The Labute approximate surface area is 319 Å². The van der Waals surface area contributed by atoms with E-state index in [1.54, 1.807) is 4.90 Å². The third-order valence-electron chi connectivity index (χ3n) is 13.7. The van der Waals surface area contributed by atoms with Gasteiger partial charge in [-0.1, -0.05) is 66.2 Å². The Kier molecular flexibility index (Phi) is 12.8. The summed E-state index contributed by atoms with van der Waals surface area (Å²) in [7, 11) is -1.17. The van der Waals surface area contributed by atoms with E-state index >= 15 is 0 Å². The van der Waals surface area contributed by atoms with Crippen molar-refractivity contribution in [2.45, 2.75) is 166 Å². The fraction of sp³-hybridized carbons (Fsp3) is 0.829. The van der Waals surface area contributed by atoms with Gasteiger partial charge in [-0.15, -0.1) is 12.3 Å². The second-order valence-electron chi connectivity index (χ2n) is 18.4. The fourth-order valence-corrected chi connectivity index (χ4v) is 10.8. The van der Waals surface area contributed by atoms with Gasteiger partial charge in [0.05, 0.1) is 11.6 Å². The van der Waals surface area contributed by atoms with E-state index < -0.39 is 63.5 Å². The molecule has 0 spiro atoms. The molecule has 0 aromatic carbocycles. The van der Waals surface area contributed by atoms with Crippen LogP contribution in [-0.4, -0.2) is 85.9 Å². The lowest BCUT2D eigenvalue weighted by atomic mass is 9.70. The maximum Gasteiger partial charge on any atom is 0.315 e. The Balaban J connectivity index is 1.37. The van der Waals surface area contributed by atoms with Crippen molar-refractivity contribution >= 4 is 40.3 Å². The summed E-state index contributed by atoms with van der Waals surface area (Å²) in [5.74, 6) is 0.982. The molecule has 4 saturated carbocycles. The Morgan fingerprint density at radius 1 is 0.943 bits per heavy atom. The number of likely N-dealkylation sites (tertiary alicyclic amines) is 1.